The molecule has 33 heavy (non-hydrogen) atoms. The molecule has 1 saturated heterocycles. The average molecular weight is 465 g/mol. The molecule has 3 heterocycles. The molecule has 1 aromatic carbocycles. The zero-order chi connectivity index (χ0) is 23.3. The Labute approximate surface area is 197 Å². The van der Waals surface area contributed by atoms with Crippen molar-refractivity contribution in [1.82, 2.24) is 19.4 Å². The van der Waals surface area contributed by atoms with Gasteiger partial charge in [-0.05, 0) is 37.1 Å². The number of rotatable bonds is 10. The maximum atomic E-state index is 8.02. The Morgan fingerprint density at radius 2 is 2.00 bits per heavy atom. The van der Waals surface area contributed by atoms with Gasteiger partial charge in [-0.25, -0.2) is 15.5 Å². The number of ether oxygens (including phenoxy) is 1. The third-order valence-corrected chi connectivity index (χ3v) is 8.17. The second-order valence-electron chi connectivity index (χ2n) is 10.3. The molecule has 8 heteroatoms. The molecule has 2 atom stereocenters. The Kier molecular flexibility index (Phi) is 7.67. The number of likely N-dealkylation sites (tertiary alicyclic amines) is 1. The van der Waals surface area contributed by atoms with Crippen molar-refractivity contribution in [2.75, 3.05) is 19.7 Å². The smallest absolute Gasteiger partial charge is 0.145 e. The molecule has 0 amide bonds. The second-order valence-corrected chi connectivity index (χ2v) is 15.9. The van der Waals surface area contributed by atoms with Crippen molar-refractivity contribution in [2.24, 2.45) is 11.0 Å². The summed E-state index contributed by atoms with van der Waals surface area (Å²) in [5.41, 5.74) is 11.1. The van der Waals surface area contributed by atoms with Crippen LogP contribution in [0.1, 0.15) is 30.1 Å². The van der Waals surface area contributed by atoms with Crippen molar-refractivity contribution in [3.63, 3.8) is 0 Å². The first-order valence-electron chi connectivity index (χ1n) is 11.9. The van der Waals surface area contributed by atoms with Crippen LogP contribution in [0.5, 0.6) is 0 Å². The summed E-state index contributed by atoms with van der Waals surface area (Å²) in [6.07, 6.45) is 5.80. The first-order valence-corrected chi connectivity index (χ1v) is 15.7. The van der Waals surface area contributed by atoms with E-state index in [1.165, 1.54) is 5.56 Å². The summed E-state index contributed by atoms with van der Waals surface area (Å²) < 4.78 is 7.98. The number of nitrogens with one attached hydrogen (secondary N) is 1. The fourth-order valence-corrected chi connectivity index (χ4v) is 5.39. The van der Waals surface area contributed by atoms with Crippen molar-refractivity contribution in [2.45, 2.75) is 57.8 Å². The summed E-state index contributed by atoms with van der Waals surface area (Å²) in [7, 11) is -1.11. The van der Waals surface area contributed by atoms with Crippen LogP contribution in [0.4, 0.5) is 0 Å². The third kappa shape index (κ3) is 6.13. The summed E-state index contributed by atoms with van der Waals surface area (Å²) in [5.74, 6) is 0.273. The summed E-state index contributed by atoms with van der Waals surface area (Å²) >= 11 is 0. The van der Waals surface area contributed by atoms with Crippen LogP contribution in [0.25, 0.3) is 11.0 Å². The number of piperidine rings is 1. The first kappa shape index (κ1) is 23.7. The van der Waals surface area contributed by atoms with Gasteiger partial charge in [-0.15, -0.1) is 0 Å². The quantitative estimate of drug-likeness (QED) is 0.236. The Morgan fingerprint density at radius 3 is 2.76 bits per heavy atom. The van der Waals surface area contributed by atoms with Crippen LogP contribution in [-0.4, -0.2) is 47.2 Å². The lowest BCUT2D eigenvalue weighted by atomic mass is 9.88. The van der Waals surface area contributed by atoms with Crippen LogP contribution in [0.2, 0.25) is 25.7 Å². The maximum Gasteiger partial charge on any atom is 0.145 e. The van der Waals surface area contributed by atoms with E-state index in [1.54, 1.807) is 6.33 Å². The van der Waals surface area contributed by atoms with Gasteiger partial charge in [0, 0.05) is 45.3 Å². The Hall–Kier alpha value is -2.42. The summed E-state index contributed by atoms with van der Waals surface area (Å²) in [6, 6.07) is 13.5. The van der Waals surface area contributed by atoms with Crippen LogP contribution in [0.15, 0.2) is 54.0 Å². The standard InChI is InChI=1S/C25H36N6OSi/c1-33(2,3)15-14-32-19-31-13-11-22-24(27-18-28-25(22)31)23(29-26)21-10-7-12-30(17-21)16-20-8-5-4-6-9-20/h4-6,8-9,11,13,18,21,23,26H,7,10,12,14-17,19H2,1-3H3. The fourth-order valence-electron chi connectivity index (χ4n) is 4.63. The lowest BCUT2D eigenvalue weighted by Gasteiger charge is -2.35. The number of benzene rings is 1. The molecule has 3 aromatic rings. The van der Waals surface area contributed by atoms with E-state index in [1.807, 2.05) is 10.8 Å². The van der Waals surface area contributed by atoms with E-state index >= 15 is 0 Å². The Morgan fingerprint density at radius 1 is 1.18 bits per heavy atom. The maximum absolute atomic E-state index is 8.02. The second kappa shape index (κ2) is 10.7. The molecule has 0 aliphatic carbocycles. The minimum Gasteiger partial charge on any atom is -0.361 e. The topological polar surface area (TPSA) is 79.4 Å². The lowest BCUT2D eigenvalue weighted by Crippen LogP contribution is -2.37. The molecule has 0 spiro atoms. The lowest BCUT2D eigenvalue weighted by molar-refractivity contribution is 0.0898. The van der Waals surface area contributed by atoms with Crippen LogP contribution >= 0.6 is 0 Å². The molecular weight excluding hydrogens is 428 g/mol. The van der Waals surface area contributed by atoms with E-state index < -0.39 is 8.07 Å². The zero-order valence-corrected chi connectivity index (χ0v) is 21.1. The number of nitrogens with zero attached hydrogens (tertiary/aromatic N) is 5. The minimum absolute atomic E-state index is 0.252. The summed E-state index contributed by atoms with van der Waals surface area (Å²) in [5, 5.41) is 5.06. The van der Waals surface area contributed by atoms with Gasteiger partial charge in [-0.2, -0.15) is 5.11 Å². The van der Waals surface area contributed by atoms with Crippen LogP contribution in [0, 0.1) is 11.4 Å². The molecule has 176 valence electrons. The largest absolute Gasteiger partial charge is 0.361 e. The molecule has 0 saturated carbocycles. The highest BCUT2D eigenvalue weighted by Gasteiger charge is 2.31. The normalized spacial score (nSPS) is 18.5. The fraction of sp³-hybridized carbons (Fsp3) is 0.520. The predicted molar refractivity (Wildman–Crippen MR) is 134 cm³/mol. The van der Waals surface area contributed by atoms with E-state index in [0.717, 1.165) is 61.9 Å². The highest BCUT2D eigenvalue weighted by Crippen LogP contribution is 2.35. The number of aromatic nitrogens is 3. The monoisotopic (exact) mass is 464 g/mol. The Balaban J connectivity index is 1.47. The van der Waals surface area contributed by atoms with Gasteiger partial charge < -0.3 is 9.30 Å². The van der Waals surface area contributed by atoms with Crippen LogP contribution in [0.3, 0.4) is 0 Å². The molecule has 0 radical (unpaired) electrons. The molecule has 1 fully saturated rings. The molecule has 2 unspecified atom stereocenters. The molecule has 0 bridgehead atoms. The molecule has 1 aliphatic heterocycles. The molecule has 1 N–H and O–H groups in total. The third-order valence-electron chi connectivity index (χ3n) is 6.47. The van der Waals surface area contributed by atoms with E-state index in [2.05, 4.69) is 76.0 Å². The number of hydrogen-bond acceptors (Lipinski definition) is 6. The number of fused-ring (bicyclic) bond motifs is 1. The van der Waals surface area contributed by atoms with Crippen LogP contribution < -0.4 is 0 Å². The highest BCUT2D eigenvalue weighted by molar-refractivity contribution is 6.76. The van der Waals surface area contributed by atoms with Gasteiger partial charge in [0.05, 0.1) is 5.69 Å². The van der Waals surface area contributed by atoms with Gasteiger partial charge in [0.1, 0.15) is 24.7 Å². The first-order chi connectivity index (χ1) is 15.9. The van der Waals surface area contributed by atoms with Crippen molar-refractivity contribution in [3.8, 4) is 0 Å². The van der Waals surface area contributed by atoms with E-state index in [4.69, 9.17) is 10.3 Å². The zero-order valence-electron chi connectivity index (χ0n) is 20.1. The van der Waals surface area contributed by atoms with Crippen molar-refractivity contribution >= 4 is 19.1 Å². The summed E-state index contributed by atoms with van der Waals surface area (Å²) in [6.45, 7) is 11.3. The van der Waals surface area contributed by atoms with Gasteiger partial charge in [-0.1, -0.05) is 50.0 Å². The SMILES string of the molecule is C[Si](C)(C)CCOCn1ccc2c(C(N=N)C3CCCN(Cc4ccccc4)C3)ncnc21. The van der Waals surface area contributed by atoms with E-state index in [-0.39, 0.29) is 12.0 Å². The van der Waals surface area contributed by atoms with Crippen molar-refractivity contribution in [1.29, 1.82) is 5.53 Å². The molecule has 2 aromatic heterocycles. The Bertz CT molecular complexity index is 1050. The molecular formula is C25H36N6OSi. The van der Waals surface area contributed by atoms with Gasteiger partial charge in [0.2, 0.25) is 0 Å². The average Bonchev–Trinajstić information content (AvgIpc) is 3.21. The van der Waals surface area contributed by atoms with Crippen molar-refractivity contribution in [3.05, 3.63) is 60.2 Å². The van der Waals surface area contributed by atoms with Crippen molar-refractivity contribution < 1.29 is 4.74 Å². The minimum atomic E-state index is -1.11. The molecule has 4 rings (SSSR count). The van der Waals surface area contributed by atoms with Gasteiger partial charge in [0.15, 0.2) is 0 Å². The van der Waals surface area contributed by atoms with E-state index in [9.17, 15) is 0 Å². The van der Waals surface area contributed by atoms with Gasteiger partial charge in [0.25, 0.3) is 0 Å². The van der Waals surface area contributed by atoms with E-state index in [0.29, 0.717) is 6.73 Å². The van der Waals surface area contributed by atoms with Gasteiger partial charge >= 0.3 is 0 Å². The van der Waals surface area contributed by atoms with Crippen LogP contribution in [-0.2, 0) is 18.0 Å². The predicted octanol–water partition coefficient (Wildman–Crippen LogP) is 5.73. The number of hydrogen-bond donors (Lipinski definition) is 1. The summed E-state index contributed by atoms with van der Waals surface area (Å²) in [4.78, 5) is 11.6. The molecule has 1 aliphatic rings. The molecule has 7 nitrogen and oxygen atoms in total. The van der Waals surface area contributed by atoms with Gasteiger partial charge in [-0.3, -0.25) is 4.90 Å². The highest BCUT2D eigenvalue weighted by atomic mass is 28.3.